The number of rotatable bonds is 7. The lowest BCUT2D eigenvalue weighted by atomic mass is 9.94. The Morgan fingerprint density at radius 1 is 1.20 bits per heavy atom. The first-order valence-corrected chi connectivity index (χ1v) is 7.10. The van der Waals surface area contributed by atoms with Crippen LogP contribution in [-0.2, 0) is 0 Å². The van der Waals surface area contributed by atoms with Crippen LogP contribution in [0.25, 0.3) is 0 Å². The Morgan fingerprint density at radius 3 is 2.67 bits per heavy atom. The summed E-state index contributed by atoms with van der Waals surface area (Å²) in [5, 5.41) is 0.328. The number of hydrogen-bond acceptors (Lipinski definition) is 0. The van der Waals surface area contributed by atoms with Crippen molar-refractivity contribution in [3.8, 4) is 0 Å². The Kier molecular flexibility index (Phi) is 7.17. The minimum absolute atomic E-state index is 0.328. The summed E-state index contributed by atoms with van der Waals surface area (Å²) in [5.74, 6) is 0. The first kappa shape index (κ1) is 13.1. The van der Waals surface area contributed by atoms with Crippen molar-refractivity contribution < 1.29 is 0 Å². The molecular weight excluding hydrogens is 204 g/mol. The summed E-state index contributed by atoms with van der Waals surface area (Å²) in [6.07, 6.45) is 15.8. The molecule has 1 aliphatic rings. The van der Waals surface area contributed by atoms with Crippen LogP contribution < -0.4 is 0 Å². The van der Waals surface area contributed by atoms with Gasteiger partial charge in [0.2, 0.25) is 0 Å². The lowest BCUT2D eigenvalue weighted by Gasteiger charge is -2.16. The summed E-state index contributed by atoms with van der Waals surface area (Å²) < 4.78 is 0. The van der Waals surface area contributed by atoms with Crippen LogP contribution in [0.1, 0.15) is 71.1 Å². The summed E-state index contributed by atoms with van der Waals surface area (Å²) in [6.45, 7) is 2.27. The van der Waals surface area contributed by atoms with Crippen LogP contribution in [0, 0.1) is 0 Å². The van der Waals surface area contributed by atoms with E-state index in [4.69, 9.17) is 11.6 Å². The molecule has 0 N–H and O–H groups in total. The lowest BCUT2D eigenvalue weighted by Crippen LogP contribution is -2.03. The van der Waals surface area contributed by atoms with Gasteiger partial charge in [0, 0.05) is 0 Å². The molecule has 0 heterocycles. The molecule has 1 rings (SSSR count). The SMILES string of the molecule is CCCCCCCCC1=CC(Cl)CCC1. The molecule has 0 spiro atoms. The average Bonchev–Trinajstić information content (AvgIpc) is 2.23. The largest absolute Gasteiger partial charge is 0.118 e. The molecule has 0 nitrogen and oxygen atoms in total. The highest BCUT2D eigenvalue weighted by atomic mass is 35.5. The van der Waals surface area contributed by atoms with Crippen molar-refractivity contribution in [2.45, 2.75) is 76.5 Å². The number of halogens is 1. The summed E-state index contributed by atoms with van der Waals surface area (Å²) in [4.78, 5) is 0. The van der Waals surface area contributed by atoms with E-state index in [9.17, 15) is 0 Å². The Balaban J connectivity index is 1.99. The van der Waals surface area contributed by atoms with Crippen LogP contribution in [0.15, 0.2) is 11.6 Å². The highest BCUT2D eigenvalue weighted by Gasteiger charge is 2.10. The molecule has 1 atom stereocenters. The van der Waals surface area contributed by atoms with Crippen LogP contribution in [0.5, 0.6) is 0 Å². The van der Waals surface area contributed by atoms with Gasteiger partial charge in [0.1, 0.15) is 0 Å². The zero-order chi connectivity index (χ0) is 10.9. The van der Waals surface area contributed by atoms with E-state index >= 15 is 0 Å². The zero-order valence-corrected chi connectivity index (χ0v) is 10.9. The molecule has 0 aromatic carbocycles. The van der Waals surface area contributed by atoms with Gasteiger partial charge in [-0.1, -0.05) is 50.7 Å². The summed E-state index contributed by atoms with van der Waals surface area (Å²) >= 11 is 6.12. The van der Waals surface area contributed by atoms with E-state index in [1.807, 2.05) is 0 Å². The summed E-state index contributed by atoms with van der Waals surface area (Å²) in [5.41, 5.74) is 1.62. The van der Waals surface area contributed by atoms with Crippen LogP contribution in [0.4, 0.5) is 0 Å². The van der Waals surface area contributed by atoms with Gasteiger partial charge < -0.3 is 0 Å². The molecule has 0 saturated carbocycles. The van der Waals surface area contributed by atoms with E-state index in [1.54, 1.807) is 5.57 Å². The van der Waals surface area contributed by atoms with Crippen molar-refractivity contribution in [1.82, 2.24) is 0 Å². The van der Waals surface area contributed by atoms with Crippen LogP contribution >= 0.6 is 11.6 Å². The highest BCUT2D eigenvalue weighted by molar-refractivity contribution is 6.21. The predicted octanol–water partition coefficient (Wildman–Crippen LogP) is 5.45. The number of hydrogen-bond donors (Lipinski definition) is 0. The molecule has 0 aromatic heterocycles. The van der Waals surface area contributed by atoms with Gasteiger partial charge in [0.05, 0.1) is 5.38 Å². The fraction of sp³-hybridized carbons (Fsp3) is 0.857. The van der Waals surface area contributed by atoms with E-state index in [1.165, 1.54) is 64.2 Å². The van der Waals surface area contributed by atoms with Gasteiger partial charge >= 0.3 is 0 Å². The third kappa shape index (κ3) is 6.25. The smallest absolute Gasteiger partial charge is 0.0518 e. The number of alkyl halides is 1. The maximum Gasteiger partial charge on any atom is 0.0518 e. The third-order valence-corrected chi connectivity index (χ3v) is 3.59. The monoisotopic (exact) mass is 228 g/mol. The number of allylic oxidation sites excluding steroid dienone is 2. The van der Waals surface area contributed by atoms with E-state index in [0.717, 1.165) is 0 Å². The first-order valence-electron chi connectivity index (χ1n) is 6.66. The molecule has 0 fully saturated rings. The zero-order valence-electron chi connectivity index (χ0n) is 10.1. The highest BCUT2D eigenvalue weighted by Crippen LogP contribution is 2.25. The molecule has 0 aliphatic heterocycles. The molecule has 15 heavy (non-hydrogen) atoms. The van der Waals surface area contributed by atoms with Gasteiger partial charge in [0.25, 0.3) is 0 Å². The van der Waals surface area contributed by atoms with E-state index in [2.05, 4.69) is 13.0 Å². The molecule has 0 radical (unpaired) electrons. The molecule has 1 unspecified atom stereocenters. The predicted molar refractivity (Wildman–Crippen MR) is 69.6 cm³/mol. The molecule has 0 saturated heterocycles. The van der Waals surface area contributed by atoms with Gasteiger partial charge in [0.15, 0.2) is 0 Å². The maximum atomic E-state index is 6.12. The van der Waals surface area contributed by atoms with Gasteiger partial charge in [-0.05, 0) is 32.1 Å². The molecule has 0 aromatic rings. The Labute approximate surface area is 100 Å². The molecule has 88 valence electrons. The van der Waals surface area contributed by atoms with Gasteiger partial charge in [-0.15, -0.1) is 11.6 Å². The summed E-state index contributed by atoms with van der Waals surface area (Å²) in [6, 6.07) is 0. The van der Waals surface area contributed by atoms with Crippen LogP contribution in [0.2, 0.25) is 0 Å². The Hall–Kier alpha value is 0.0300. The fourth-order valence-corrected chi connectivity index (χ4v) is 2.62. The quantitative estimate of drug-likeness (QED) is 0.309. The maximum absolute atomic E-state index is 6.12. The molecule has 1 heteroatoms. The standard InChI is InChI=1S/C14H25Cl/c1-2-3-4-5-6-7-9-13-10-8-11-14(15)12-13/h12,14H,2-11H2,1H3. The van der Waals surface area contributed by atoms with Crippen molar-refractivity contribution in [3.05, 3.63) is 11.6 Å². The van der Waals surface area contributed by atoms with Gasteiger partial charge in [-0.3, -0.25) is 0 Å². The van der Waals surface area contributed by atoms with Crippen molar-refractivity contribution >= 4 is 11.6 Å². The minimum atomic E-state index is 0.328. The Morgan fingerprint density at radius 2 is 1.93 bits per heavy atom. The van der Waals surface area contributed by atoms with Gasteiger partial charge in [-0.25, -0.2) is 0 Å². The molecular formula is C14H25Cl. The van der Waals surface area contributed by atoms with E-state index < -0.39 is 0 Å². The number of unbranched alkanes of at least 4 members (excludes halogenated alkanes) is 5. The second kappa shape index (κ2) is 8.21. The first-order chi connectivity index (χ1) is 7.33. The van der Waals surface area contributed by atoms with E-state index in [-0.39, 0.29) is 0 Å². The molecule has 1 aliphatic carbocycles. The third-order valence-electron chi connectivity index (χ3n) is 3.25. The summed E-state index contributed by atoms with van der Waals surface area (Å²) in [7, 11) is 0. The second-order valence-electron chi connectivity index (χ2n) is 4.75. The lowest BCUT2D eigenvalue weighted by molar-refractivity contribution is 0.591. The van der Waals surface area contributed by atoms with Crippen LogP contribution in [-0.4, -0.2) is 5.38 Å². The normalized spacial score (nSPS) is 21.5. The molecule has 0 bridgehead atoms. The van der Waals surface area contributed by atoms with Crippen LogP contribution in [0.3, 0.4) is 0 Å². The van der Waals surface area contributed by atoms with Crippen molar-refractivity contribution in [2.24, 2.45) is 0 Å². The van der Waals surface area contributed by atoms with E-state index in [0.29, 0.717) is 5.38 Å². The Bertz CT molecular complexity index is 184. The minimum Gasteiger partial charge on any atom is -0.118 e. The fourth-order valence-electron chi connectivity index (χ4n) is 2.29. The molecule has 0 amide bonds. The van der Waals surface area contributed by atoms with Crippen molar-refractivity contribution in [3.63, 3.8) is 0 Å². The van der Waals surface area contributed by atoms with Gasteiger partial charge in [-0.2, -0.15) is 0 Å². The second-order valence-corrected chi connectivity index (χ2v) is 5.31. The average molecular weight is 229 g/mol. The van der Waals surface area contributed by atoms with Crippen molar-refractivity contribution in [2.75, 3.05) is 0 Å². The van der Waals surface area contributed by atoms with Crippen molar-refractivity contribution in [1.29, 1.82) is 0 Å². The topological polar surface area (TPSA) is 0 Å².